The normalized spacial score (nSPS) is 13.1. The number of sulfone groups is 1. The van der Waals surface area contributed by atoms with Gasteiger partial charge in [0, 0.05) is 6.26 Å². The molecule has 0 aromatic rings. The molecule has 0 fully saturated rings. The lowest BCUT2D eigenvalue weighted by atomic mass is 10.3. The predicted octanol–water partition coefficient (Wildman–Crippen LogP) is -0.336. The van der Waals surface area contributed by atoms with Crippen LogP contribution in [0.4, 0.5) is 0 Å². The Morgan fingerprint density at radius 3 is 1.86 bits per heavy atom. The SMILES string of the molecule is CC(C)[NH+](OCCS(C)(=O)=O)C(C)C. The highest BCUT2D eigenvalue weighted by atomic mass is 32.2. The topological polar surface area (TPSA) is 47.8 Å². The zero-order chi connectivity index (χ0) is 11.4. The molecule has 0 saturated carbocycles. The van der Waals surface area contributed by atoms with E-state index in [4.69, 9.17) is 4.84 Å². The summed E-state index contributed by atoms with van der Waals surface area (Å²) in [5.74, 6) is 0.0932. The largest absolute Gasteiger partial charge is 0.229 e. The lowest BCUT2D eigenvalue weighted by molar-refractivity contribution is -1.12. The van der Waals surface area contributed by atoms with Gasteiger partial charge in [-0.15, -0.1) is 0 Å². The highest BCUT2D eigenvalue weighted by molar-refractivity contribution is 7.90. The molecule has 0 aliphatic rings. The summed E-state index contributed by atoms with van der Waals surface area (Å²) >= 11 is 0. The van der Waals surface area contributed by atoms with Gasteiger partial charge < -0.3 is 0 Å². The van der Waals surface area contributed by atoms with E-state index in [1.54, 1.807) is 0 Å². The second-order valence-electron chi connectivity index (χ2n) is 4.19. The average molecular weight is 224 g/mol. The molecule has 0 amide bonds. The minimum Gasteiger partial charge on any atom is -0.229 e. The van der Waals surface area contributed by atoms with Crippen LogP contribution in [0.25, 0.3) is 0 Å². The Morgan fingerprint density at radius 1 is 1.14 bits per heavy atom. The standard InChI is InChI=1S/C9H21NO3S/c1-8(2)10(9(3)4)13-6-7-14(5,11)12/h8-9H,6-7H2,1-5H3/p+1. The molecule has 0 radical (unpaired) electrons. The van der Waals surface area contributed by atoms with E-state index in [0.29, 0.717) is 12.1 Å². The Balaban J connectivity index is 3.96. The van der Waals surface area contributed by atoms with Crippen molar-refractivity contribution in [3.05, 3.63) is 0 Å². The van der Waals surface area contributed by atoms with Crippen molar-refractivity contribution in [2.24, 2.45) is 0 Å². The van der Waals surface area contributed by atoms with Crippen molar-refractivity contribution in [2.75, 3.05) is 18.6 Å². The number of nitrogens with one attached hydrogen (secondary N) is 1. The van der Waals surface area contributed by atoms with E-state index in [2.05, 4.69) is 27.7 Å². The number of rotatable bonds is 6. The quantitative estimate of drug-likeness (QED) is 0.628. The second-order valence-corrected chi connectivity index (χ2v) is 6.45. The molecule has 0 spiro atoms. The Bertz CT molecular complexity index is 239. The van der Waals surface area contributed by atoms with E-state index in [1.165, 1.54) is 6.26 Å². The Kier molecular flexibility index (Phi) is 5.63. The molecular weight excluding hydrogens is 202 g/mol. The third-order valence-electron chi connectivity index (χ3n) is 1.86. The van der Waals surface area contributed by atoms with Gasteiger partial charge in [-0.2, -0.15) is 5.06 Å². The van der Waals surface area contributed by atoms with Crippen LogP contribution in [0.5, 0.6) is 0 Å². The zero-order valence-corrected chi connectivity index (χ0v) is 10.5. The molecule has 0 rings (SSSR count). The minimum atomic E-state index is -2.91. The van der Waals surface area contributed by atoms with Crippen molar-refractivity contribution >= 4 is 9.84 Å². The lowest BCUT2D eigenvalue weighted by Crippen LogP contribution is -3.17. The summed E-state index contributed by atoms with van der Waals surface area (Å²) in [5.41, 5.74) is 0. The van der Waals surface area contributed by atoms with Gasteiger partial charge >= 0.3 is 0 Å². The Morgan fingerprint density at radius 2 is 1.57 bits per heavy atom. The third-order valence-corrected chi connectivity index (χ3v) is 2.77. The van der Waals surface area contributed by atoms with E-state index in [1.807, 2.05) is 0 Å². The van der Waals surface area contributed by atoms with Crippen LogP contribution in [0.1, 0.15) is 27.7 Å². The summed E-state index contributed by atoms with van der Waals surface area (Å²) in [6.45, 7) is 8.47. The number of quaternary nitrogens is 1. The van der Waals surface area contributed by atoms with Gasteiger partial charge in [0.15, 0.2) is 0 Å². The Hall–Kier alpha value is -0.130. The third kappa shape index (κ3) is 6.34. The van der Waals surface area contributed by atoms with E-state index in [-0.39, 0.29) is 12.4 Å². The molecule has 0 aliphatic carbocycles. The monoisotopic (exact) mass is 224 g/mol. The Labute approximate surface area is 87.1 Å². The van der Waals surface area contributed by atoms with Gasteiger partial charge in [0.2, 0.25) is 0 Å². The van der Waals surface area contributed by atoms with Crippen LogP contribution in [-0.4, -0.2) is 39.1 Å². The maximum atomic E-state index is 10.9. The smallest absolute Gasteiger partial charge is 0.149 e. The summed E-state index contributed by atoms with van der Waals surface area (Å²) in [7, 11) is -2.91. The van der Waals surface area contributed by atoms with Crippen LogP contribution in [0.2, 0.25) is 0 Å². The number of hydroxylamine groups is 2. The fourth-order valence-electron chi connectivity index (χ4n) is 1.31. The molecule has 0 heterocycles. The van der Waals surface area contributed by atoms with Crippen LogP contribution < -0.4 is 5.06 Å². The first-order valence-electron chi connectivity index (χ1n) is 4.91. The van der Waals surface area contributed by atoms with Crippen molar-refractivity contribution in [3.8, 4) is 0 Å². The summed E-state index contributed by atoms with van der Waals surface area (Å²) in [6.07, 6.45) is 1.22. The molecule has 86 valence electrons. The molecule has 0 aromatic heterocycles. The van der Waals surface area contributed by atoms with Gasteiger partial charge in [0.05, 0.1) is 5.75 Å². The van der Waals surface area contributed by atoms with Crippen LogP contribution in [-0.2, 0) is 14.7 Å². The lowest BCUT2D eigenvalue weighted by Gasteiger charge is -2.24. The molecule has 0 unspecified atom stereocenters. The fourth-order valence-corrected chi connectivity index (χ4v) is 1.70. The van der Waals surface area contributed by atoms with Gasteiger partial charge in [-0.3, -0.25) is 0 Å². The maximum absolute atomic E-state index is 10.9. The highest BCUT2D eigenvalue weighted by Crippen LogP contribution is 1.83. The molecule has 4 nitrogen and oxygen atoms in total. The molecule has 0 aromatic carbocycles. The molecule has 0 atom stereocenters. The summed E-state index contributed by atoms with van der Waals surface area (Å²) in [6, 6.07) is 0.684. The van der Waals surface area contributed by atoms with Gasteiger partial charge in [-0.1, -0.05) is 0 Å². The van der Waals surface area contributed by atoms with Crippen molar-refractivity contribution in [2.45, 2.75) is 39.8 Å². The van der Waals surface area contributed by atoms with Gasteiger partial charge in [0.1, 0.15) is 28.5 Å². The molecule has 0 aliphatic heterocycles. The highest BCUT2D eigenvalue weighted by Gasteiger charge is 2.19. The van der Waals surface area contributed by atoms with E-state index in [0.717, 1.165) is 5.06 Å². The minimum absolute atomic E-state index is 0.0932. The van der Waals surface area contributed by atoms with E-state index >= 15 is 0 Å². The van der Waals surface area contributed by atoms with Gasteiger partial charge in [0.25, 0.3) is 0 Å². The van der Waals surface area contributed by atoms with Gasteiger partial charge in [-0.25, -0.2) is 13.3 Å². The van der Waals surface area contributed by atoms with Crippen LogP contribution in [0, 0.1) is 0 Å². The molecule has 1 N–H and O–H groups in total. The average Bonchev–Trinajstić information content (AvgIpc) is 1.94. The summed E-state index contributed by atoms with van der Waals surface area (Å²) in [5, 5.41) is 0.980. The molecule has 0 bridgehead atoms. The first-order chi connectivity index (χ1) is 6.24. The predicted molar refractivity (Wildman–Crippen MR) is 56.9 cm³/mol. The van der Waals surface area contributed by atoms with Crippen LogP contribution in [0.15, 0.2) is 0 Å². The molecule has 14 heavy (non-hydrogen) atoms. The first-order valence-corrected chi connectivity index (χ1v) is 6.97. The van der Waals surface area contributed by atoms with Crippen LogP contribution >= 0.6 is 0 Å². The summed E-state index contributed by atoms with van der Waals surface area (Å²) < 4.78 is 21.7. The van der Waals surface area contributed by atoms with Crippen molar-refractivity contribution in [3.63, 3.8) is 0 Å². The molecule has 0 saturated heterocycles. The van der Waals surface area contributed by atoms with E-state index in [9.17, 15) is 8.42 Å². The maximum Gasteiger partial charge on any atom is 0.149 e. The van der Waals surface area contributed by atoms with Crippen molar-refractivity contribution in [1.82, 2.24) is 0 Å². The zero-order valence-electron chi connectivity index (χ0n) is 9.70. The van der Waals surface area contributed by atoms with Crippen LogP contribution in [0.3, 0.4) is 0 Å². The van der Waals surface area contributed by atoms with E-state index < -0.39 is 9.84 Å². The van der Waals surface area contributed by atoms with Gasteiger partial charge in [-0.05, 0) is 27.7 Å². The first kappa shape index (κ1) is 13.9. The molecular formula is C9H22NO3S+. The summed E-state index contributed by atoms with van der Waals surface area (Å²) in [4.78, 5) is 5.48. The molecule has 5 heteroatoms. The fraction of sp³-hybridized carbons (Fsp3) is 1.00. The van der Waals surface area contributed by atoms with Crippen molar-refractivity contribution < 1.29 is 18.3 Å². The number of hydrogen-bond acceptors (Lipinski definition) is 3. The second kappa shape index (κ2) is 5.68. The van der Waals surface area contributed by atoms with Crippen molar-refractivity contribution in [1.29, 1.82) is 0 Å². The number of hydrogen-bond donors (Lipinski definition) is 1.